The van der Waals surface area contributed by atoms with Crippen molar-refractivity contribution in [3.8, 4) is 11.5 Å². The van der Waals surface area contributed by atoms with Crippen LogP contribution in [0.4, 0.5) is 5.69 Å². The molecule has 0 aromatic heterocycles. The number of hydrogen-bond acceptors (Lipinski definition) is 5. The lowest BCUT2D eigenvalue weighted by molar-refractivity contribution is -0.384. The Bertz CT molecular complexity index is 803. The first-order chi connectivity index (χ1) is 12.6. The molecule has 2 N–H and O–H groups in total. The molecule has 26 heavy (non-hydrogen) atoms. The normalized spacial score (nSPS) is 11.8. The monoisotopic (exact) mass is 368 g/mol. The number of nitro benzene ring substituents is 1. The van der Waals surface area contributed by atoms with Gasteiger partial charge in [-0.1, -0.05) is 48.5 Å². The van der Waals surface area contributed by atoms with E-state index in [0.29, 0.717) is 17.1 Å². The quantitative estimate of drug-likeness (QED) is 0.359. The van der Waals surface area contributed by atoms with E-state index < -0.39 is 19.1 Å². The van der Waals surface area contributed by atoms with Crippen molar-refractivity contribution < 1.29 is 14.0 Å². The predicted octanol–water partition coefficient (Wildman–Crippen LogP) is 5.02. The Balaban J connectivity index is 1.84. The summed E-state index contributed by atoms with van der Waals surface area (Å²) in [5.41, 5.74) is 7.08. The molecule has 1 atom stereocenters. The van der Waals surface area contributed by atoms with E-state index in [2.05, 4.69) is 0 Å². The minimum atomic E-state index is -1.57. The lowest BCUT2D eigenvalue weighted by Gasteiger charge is -2.24. The molecule has 3 aromatic carbocycles. The van der Waals surface area contributed by atoms with Gasteiger partial charge in [-0.25, -0.2) is 0 Å². The maximum Gasteiger partial charge on any atom is 0.313 e. The lowest BCUT2D eigenvalue weighted by atomic mass is 10.2. The van der Waals surface area contributed by atoms with Gasteiger partial charge < -0.3 is 14.8 Å². The van der Waals surface area contributed by atoms with E-state index in [0.717, 1.165) is 0 Å². The van der Waals surface area contributed by atoms with Crippen LogP contribution in [0.3, 0.4) is 0 Å². The average molecular weight is 368 g/mol. The van der Waals surface area contributed by atoms with Crippen molar-refractivity contribution in [1.82, 2.24) is 0 Å². The number of nitro groups is 1. The Kier molecular flexibility index (Phi) is 5.79. The van der Waals surface area contributed by atoms with Gasteiger partial charge >= 0.3 is 8.38 Å². The van der Waals surface area contributed by atoms with E-state index in [9.17, 15) is 10.1 Å². The van der Waals surface area contributed by atoms with Crippen molar-refractivity contribution >= 4 is 14.1 Å². The van der Waals surface area contributed by atoms with Crippen molar-refractivity contribution in [2.24, 2.45) is 5.73 Å². The van der Waals surface area contributed by atoms with Crippen LogP contribution >= 0.6 is 8.38 Å². The Morgan fingerprint density at radius 3 is 1.69 bits per heavy atom. The van der Waals surface area contributed by atoms with E-state index in [1.54, 1.807) is 12.1 Å². The van der Waals surface area contributed by atoms with E-state index in [-0.39, 0.29) is 5.69 Å². The molecular weight excluding hydrogens is 351 g/mol. The van der Waals surface area contributed by atoms with Crippen molar-refractivity contribution in [2.45, 2.75) is 5.78 Å². The molecule has 132 valence electrons. The molecule has 6 nitrogen and oxygen atoms in total. The van der Waals surface area contributed by atoms with Crippen molar-refractivity contribution in [1.29, 1.82) is 0 Å². The molecule has 3 rings (SSSR count). The highest BCUT2D eigenvalue weighted by molar-refractivity contribution is 7.48. The van der Waals surface area contributed by atoms with Crippen LogP contribution in [0.2, 0.25) is 0 Å². The second kappa shape index (κ2) is 8.43. The van der Waals surface area contributed by atoms with E-state index in [1.165, 1.54) is 12.1 Å². The number of rotatable bonds is 7. The fraction of sp³-hybridized carbons (Fsp3) is 0.0526. The molecule has 0 fully saturated rings. The smallest absolute Gasteiger partial charge is 0.313 e. The van der Waals surface area contributed by atoms with Gasteiger partial charge in [0.05, 0.1) is 4.92 Å². The Hall–Kier alpha value is -2.95. The van der Waals surface area contributed by atoms with E-state index in [4.69, 9.17) is 14.8 Å². The lowest BCUT2D eigenvalue weighted by Crippen LogP contribution is -2.14. The van der Waals surface area contributed by atoms with E-state index in [1.807, 2.05) is 60.7 Å². The Morgan fingerprint density at radius 2 is 1.27 bits per heavy atom. The molecule has 0 heterocycles. The third-order valence-electron chi connectivity index (χ3n) is 3.55. The summed E-state index contributed by atoms with van der Waals surface area (Å²) in [6, 6.07) is 24.6. The average Bonchev–Trinajstić information content (AvgIpc) is 2.68. The predicted molar refractivity (Wildman–Crippen MR) is 101 cm³/mol. The molecular formula is C19H17N2O4P. The first kappa shape index (κ1) is 17.9. The summed E-state index contributed by atoms with van der Waals surface area (Å²) in [4.78, 5) is 10.4. The van der Waals surface area contributed by atoms with Crippen LogP contribution in [0.25, 0.3) is 0 Å². The first-order valence-corrected chi connectivity index (χ1v) is 9.13. The molecule has 1 unspecified atom stereocenters. The van der Waals surface area contributed by atoms with Gasteiger partial charge in [0.25, 0.3) is 5.69 Å². The zero-order valence-corrected chi connectivity index (χ0v) is 14.7. The molecule has 3 aromatic rings. The summed E-state index contributed by atoms with van der Waals surface area (Å²) >= 11 is 0. The summed E-state index contributed by atoms with van der Waals surface area (Å²) in [5.74, 6) is 0.713. The third-order valence-corrected chi connectivity index (χ3v) is 5.08. The number of nitrogens with zero attached hydrogens (tertiary/aromatic N) is 1. The van der Waals surface area contributed by atoms with Gasteiger partial charge in [-0.2, -0.15) is 0 Å². The van der Waals surface area contributed by atoms with Crippen molar-refractivity contribution in [3.63, 3.8) is 0 Å². The maximum atomic E-state index is 10.8. The summed E-state index contributed by atoms with van der Waals surface area (Å²) in [5, 5.41) is 10.8. The standard InChI is InChI=1S/C19H17N2O4P/c20-19(15-11-13-16(14-12-15)21(22)23)26(24-17-7-3-1-4-8-17)25-18-9-5-2-6-10-18/h1-14,19H,20H2. The summed E-state index contributed by atoms with van der Waals surface area (Å²) in [6.07, 6.45) is 0. The molecule has 0 amide bonds. The molecule has 0 spiro atoms. The van der Waals surface area contributed by atoms with Gasteiger partial charge in [-0.05, 0) is 29.8 Å². The molecule has 0 bridgehead atoms. The summed E-state index contributed by atoms with van der Waals surface area (Å²) in [6.45, 7) is 0. The van der Waals surface area contributed by atoms with Gasteiger partial charge in [0.2, 0.25) is 0 Å². The number of hydrogen-bond donors (Lipinski definition) is 1. The van der Waals surface area contributed by atoms with E-state index >= 15 is 0 Å². The molecule has 0 aliphatic rings. The van der Waals surface area contributed by atoms with Gasteiger partial charge in [0, 0.05) is 12.1 Å². The van der Waals surface area contributed by atoms with Crippen LogP contribution in [0.5, 0.6) is 11.5 Å². The largest absolute Gasteiger partial charge is 0.437 e. The highest BCUT2D eigenvalue weighted by atomic mass is 31.2. The highest BCUT2D eigenvalue weighted by Crippen LogP contribution is 2.50. The Labute approximate surface area is 152 Å². The van der Waals surface area contributed by atoms with Crippen LogP contribution in [0.1, 0.15) is 11.3 Å². The highest BCUT2D eigenvalue weighted by Gasteiger charge is 2.26. The molecule has 7 heteroatoms. The van der Waals surface area contributed by atoms with Gasteiger partial charge in [-0.15, -0.1) is 0 Å². The van der Waals surface area contributed by atoms with Crippen LogP contribution in [0.15, 0.2) is 84.9 Å². The first-order valence-electron chi connectivity index (χ1n) is 7.89. The fourth-order valence-corrected chi connectivity index (χ4v) is 3.56. The zero-order valence-electron chi connectivity index (χ0n) is 13.8. The third kappa shape index (κ3) is 4.57. The van der Waals surface area contributed by atoms with Crippen LogP contribution in [-0.2, 0) is 0 Å². The number of nitrogens with two attached hydrogens (primary N) is 1. The SMILES string of the molecule is NC(c1ccc([N+](=O)[O-])cc1)P(Oc1ccccc1)Oc1ccccc1. The minimum absolute atomic E-state index is 0.0123. The summed E-state index contributed by atoms with van der Waals surface area (Å²) in [7, 11) is -1.57. The van der Waals surface area contributed by atoms with Crippen LogP contribution < -0.4 is 14.8 Å². The second-order valence-corrected chi connectivity index (χ2v) is 6.88. The molecule has 0 aliphatic carbocycles. The van der Waals surface area contributed by atoms with Gasteiger partial charge in [0.15, 0.2) is 0 Å². The topological polar surface area (TPSA) is 87.6 Å². The molecule has 0 saturated carbocycles. The van der Waals surface area contributed by atoms with Crippen LogP contribution in [0, 0.1) is 10.1 Å². The Morgan fingerprint density at radius 1 is 0.808 bits per heavy atom. The molecule has 0 saturated heterocycles. The van der Waals surface area contributed by atoms with Gasteiger partial charge in [-0.3, -0.25) is 10.1 Å². The summed E-state index contributed by atoms with van der Waals surface area (Å²) < 4.78 is 12.0. The second-order valence-electron chi connectivity index (χ2n) is 5.39. The minimum Gasteiger partial charge on any atom is -0.437 e. The van der Waals surface area contributed by atoms with Crippen molar-refractivity contribution in [3.05, 3.63) is 101 Å². The van der Waals surface area contributed by atoms with Crippen molar-refractivity contribution in [2.75, 3.05) is 0 Å². The van der Waals surface area contributed by atoms with Gasteiger partial charge in [0.1, 0.15) is 17.3 Å². The van der Waals surface area contributed by atoms with Crippen LogP contribution in [-0.4, -0.2) is 4.92 Å². The number of para-hydroxylation sites is 2. The fourth-order valence-electron chi connectivity index (χ4n) is 2.22. The zero-order chi connectivity index (χ0) is 18.4. The molecule has 0 radical (unpaired) electrons. The molecule has 0 aliphatic heterocycles. The maximum absolute atomic E-state index is 10.8. The number of benzene rings is 3. The number of non-ortho nitro benzene ring substituents is 1.